The van der Waals surface area contributed by atoms with Crippen LogP contribution < -0.4 is 0 Å². The molecule has 0 aromatic heterocycles. The molecule has 0 aromatic rings. The third-order valence-corrected chi connectivity index (χ3v) is 1.90. The van der Waals surface area contributed by atoms with Gasteiger partial charge in [0, 0.05) is 7.11 Å². The zero-order valence-electron chi connectivity index (χ0n) is 7.81. The second kappa shape index (κ2) is 3.67. The number of carbonyl (C=O) groups excluding carboxylic acids is 1. The number of halogens is 3. The van der Waals surface area contributed by atoms with Crippen LogP contribution in [0, 0.1) is 0 Å². The molecule has 4 nitrogen and oxygen atoms in total. The molecule has 1 atom stereocenters. The van der Waals surface area contributed by atoms with Crippen LogP contribution in [0.2, 0.25) is 0 Å². The summed E-state index contributed by atoms with van der Waals surface area (Å²) in [6.07, 6.45) is 0. The van der Waals surface area contributed by atoms with Gasteiger partial charge in [-0.25, -0.2) is 4.39 Å². The van der Waals surface area contributed by atoms with Gasteiger partial charge in [-0.1, -0.05) is 0 Å². The summed E-state index contributed by atoms with van der Waals surface area (Å²) < 4.78 is 47.4. The Kier molecular flexibility index (Phi) is 2.87. The molecule has 0 amide bonds. The van der Waals surface area contributed by atoms with Crippen molar-refractivity contribution in [2.75, 3.05) is 14.2 Å². The quantitative estimate of drug-likeness (QED) is 0.707. The summed E-state index contributed by atoms with van der Waals surface area (Å²) in [5.74, 6) is -11.7. The summed E-state index contributed by atoms with van der Waals surface area (Å²) in [6, 6.07) is 0. The number of carbonyl (C=O) groups is 1. The van der Waals surface area contributed by atoms with Crippen LogP contribution in [0.5, 0.6) is 0 Å². The van der Waals surface area contributed by atoms with E-state index in [1.54, 1.807) is 0 Å². The largest absolute Gasteiger partial charge is 0.491 e. The average Bonchev–Trinajstić information content (AvgIpc) is 2.24. The Bertz CT molecular complexity index is 374. The fourth-order valence-electron chi connectivity index (χ4n) is 1.06. The van der Waals surface area contributed by atoms with E-state index in [-0.39, 0.29) is 0 Å². The van der Waals surface area contributed by atoms with E-state index in [1.165, 1.54) is 0 Å². The average molecular weight is 224 g/mol. The Labute approximate surface area is 82.6 Å². The van der Waals surface area contributed by atoms with Gasteiger partial charge in [0.1, 0.15) is 0 Å². The molecule has 15 heavy (non-hydrogen) atoms. The summed E-state index contributed by atoms with van der Waals surface area (Å²) in [5, 5.41) is 9.20. The predicted octanol–water partition coefficient (Wildman–Crippen LogP) is 0.882. The minimum absolute atomic E-state index is 0.732. The Morgan fingerprint density at radius 1 is 1.20 bits per heavy atom. The van der Waals surface area contributed by atoms with Crippen molar-refractivity contribution in [3.05, 3.63) is 23.2 Å². The highest BCUT2D eigenvalue weighted by molar-refractivity contribution is 6.03. The lowest BCUT2D eigenvalue weighted by Gasteiger charge is -2.26. The Morgan fingerprint density at radius 3 is 2.13 bits per heavy atom. The molecule has 1 aliphatic rings. The van der Waals surface area contributed by atoms with Crippen molar-refractivity contribution in [1.82, 2.24) is 0 Å². The monoisotopic (exact) mass is 224 g/mol. The van der Waals surface area contributed by atoms with Crippen LogP contribution in [0.25, 0.3) is 0 Å². The molecule has 84 valence electrons. The number of ketones is 1. The van der Waals surface area contributed by atoms with E-state index in [2.05, 4.69) is 9.47 Å². The summed E-state index contributed by atoms with van der Waals surface area (Å²) in [4.78, 5) is 11.1. The molecule has 1 aliphatic carbocycles. The van der Waals surface area contributed by atoms with Crippen molar-refractivity contribution in [1.29, 1.82) is 0 Å². The van der Waals surface area contributed by atoms with Crippen molar-refractivity contribution >= 4 is 5.78 Å². The zero-order valence-corrected chi connectivity index (χ0v) is 7.81. The smallest absolute Gasteiger partial charge is 0.291 e. The van der Waals surface area contributed by atoms with Crippen LogP contribution in [-0.4, -0.2) is 30.9 Å². The molecular formula is C8H7F3O4. The Hall–Kier alpha value is -1.34. The molecule has 0 aromatic carbocycles. The van der Waals surface area contributed by atoms with Crippen LogP contribution in [-0.2, 0) is 14.3 Å². The first-order chi connectivity index (χ1) is 6.90. The molecule has 0 aliphatic heterocycles. The fraction of sp³-hybridized carbons (Fsp3) is 0.375. The SMILES string of the molecule is COC1=C(F)C(=O)C(O)(OC)C(F)=C1F. The molecule has 0 radical (unpaired) electrons. The van der Waals surface area contributed by atoms with E-state index < -0.39 is 34.8 Å². The van der Waals surface area contributed by atoms with Crippen molar-refractivity contribution in [3.63, 3.8) is 0 Å². The topological polar surface area (TPSA) is 55.8 Å². The maximum Gasteiger partial charge on any atom is 0.291 e. The first kappa shape index (κ1) is 11.7. The summed E-state index contributed by atoms with van der Waals surface area (Å²) >= 11 is 0. The van der Waals surface area contributed by atoms with Crippen molar-refractivity contribution in [2.45, 2.75) is 5.79 Å². The molecule has 1 N–H and O–H groups in total. The van der Waals surface area contributed by atoms with Crippen LogP contribution in [0.15, 0.2) is 23.2 Å². The molecule has 0 fully saturated rings. The van der Waals surface area contributed by atoms with Gasteiger partial charge in [0.15, 0.2) is 5.76 Å². The molecular weight excluding hydrogens is 217 g/mol. The number of hydrogen-bond acceptors (Lipinski definition) is 4. The lowest BCUT2D eigenvalue weighted by Crippen LogP contribution is -2.44. The number of rotatable bonds is 2. The number of aliphatic hydroxyl groups is 1. The minimum Gasteiger partial charge on any atom is -0.491 e. The van der Waals surface area contributed by atoms with Crippen LogP contribution >= 0.6 is 0 Å². The number of methoxy groups -OCH3 is 2. The van der Waals surface area contributed by atoms with Crippen molar-refractivity contribution in [3.8, 4) is 0 Å². The van der Waals surface area contributed by atoms with E-state index >= 15 is 0 Å². The number of hydrogen-bond donors (Lipinski definition) is 1. The van der Waals surface area contributed by atoms with Crippen LogP contribution in [0.3, 0.4) is 0 Å². The van der Waals surface area contributed by atoms with Gasteiger partial charge in [0.25, 0.3) is 11.6 Å². The summed E-state index contributed by atoms with van der Waals surface area (Å²) in [7, 11) is 1.59. The van der Waals surface area contributed by atoms with E-state index in [1.807, 2.05) is 0 Å². The van der Waals surface area contributed by atoms with Gasteiger partial charge in [0.2, 0.25) is 17.5 Å². The lowest BCUT2D eigenvalue weighted by molar-refractivity contribution is -0.185. The molecule has 1 rings (SSSR count). The van der Waals surface area contributed by atoms with Gasteiger partial charge >= 0.3 is 0 Å². The van der Waals surface area contributed by atoms with Crippen molar-refractivity contribution < 1.29 is 32.5 Å². The number of ether oxygens (including phenoxy) is 2. The van der Waals surface area contributed by atoms with E-state index in [0.29, 0.717) is 0 Å². The third-order valence-electron chi connectivity index (χ3n) is 1.90. The van der Waals surface area contributed by atoms with E-state index in [4.69, 9.17) is 0 Å². The first-order valence-corrected chi connectivity index (χ1v) is 3.72. The van der Waals surface area contributed by atoms with E-state index in [9.17, 15) is 23.1 Å². The maximum atomic E-state index is 13.1. The predicted molar refractivity (Wildman–Crippen MR) is 41.4 cm³/mol. The normalized spacial score (nSPS) is 27.5. The number of allylic oxidation sites excluding steroid dienone is 1. The Balaban J connectivity index is 3.41. The van der Waals surface area contributed by atoms with Gasteiger partial charge in [0.05, 0.1) is 7.11 Å². The maximum absolute atomic E-state index is 13.1. The molecule has 0 spiro atoms. The molecule has 0 heterocycles. The van der Waals surface area contributed by atoms with Crippen LogP contribution in [0.1, 0.15) is 0 Å². The Morgan fingerprint density at radius 2 is 1.73 bits per heavy atom. The van der Waals surface area contributed by atoms with Gasteiger partial charge in [-0.05, 0) is 0 Å². The third kappa shape index (κ3) is 1.44. The second-order valence-corrected chi connectivity index (χ2v) is 2.65. The highest BCUT2D eigenvalue weighted by atomic mass is 19.2. The molecule has 0 saturated heterocycles. The fourth-order valence-corrected chi connectivity index (χ4v) is 1.06. The lowest BCUT2D eigenvalue weighted by atomic mass is 10.0. The summed E-state index contributed by atoms with van der Waals surface area (Å²) in [5.41, 5.74) is 0. The minimum atomic E-state index is -3.25. The highest BCUT2D eigenvalue weighted by Crippen LogP contribution is 2.37. The molecule has 7 heteroatoms. The summed E-state index contributed by atoms with van der Waals surface area (Å²) in [6.45, 7) is 0. The first-order valence-electron chi connectivity index (χ1n) is 3.72. The zero-order chi connectivity index (χ0) is 11.8. The number of Topliss-reactive ketones (excluding diaryl/α,β-unsaturated/α-hetero) is 1. The molecule has 1 unspecified atom stereocenters. The molecule has 0 bridgehead atoms. The molecule has 0 saturated carbocycles. The second-order valence-electron chi connectivity index (χ2n) is 2.65. The van der Waals surface area contributed by atoms with Crippen molar-refractivity contribution in [2.24, 2.45) is 0 Å². The standard InChI is InChI=1S/C8H7F3O4/c1-14-5-3(9)6(11)8(13,15-2)7(12)4(5)10/h13H,1-2H3. The van der Waals surface area contributed by atoms with Gasteiger partial charge in [-0.2, -0.15) is 8.78 Å². The van der Waals surface area contributed by atoms with E-state index in [0.717, 1.165) is 14.2 Å². The van der Waals surface area contributed by atoms with Gasteiger partial charge in [-0.15, -0.1) is 0 Å². The highest BCUT2D eigenvalue weighted by Gasteiger charge is 2.51. The van der Waals surface area contributed by atoms with Gasteiger partial charge < -0.3 is 14.6 Å². The van der Waals surface area contributed by atoms with Gasteiger partial charge in [-0.3, -0.25) is 4.79 Å². The van der Waals surface area contributed by atoms with Crippen LogP contribution in [0.4, 0.5) is 13.2 Å².